The maximum atomic E-state index is 12.2. The van der Waals surface area contributed by atoms with Crippen LogP contribution in [-0.2, 0) is 4.79 Å². The average molecular weight is 332 g/mol. The molecule has 3 fully saturated rings. The van der Waals surface area contributed by atoms with E-state index >= 15 is 0 Å². The van der Waals surface area contributed by atoms with Crippen molar-refractivity contribution in [2.75, 3.05) is 0 Å². The standard InChI is InChI=1S/C21H32O3/c1-13(22)21(24)11-8-18-16-5-4-14-12-15(23)6-9-19(14,2)17(16)7-10-20(18,21)3/h12,15-18,23-24H,4-11H2,1-3H3. The normalized spacial score (nSPS) is 53.6. The predicted octanol–water partition coefficient (Wildman–Crippen LogP) is 3.63. The molecule has 0 aliphatic heterocycles. The Morgan fingerprint density at radius 3 is 2.50 bits per heavy atom. The molecule has 3 nitrogen and oxygen atoms in total. The van der Waals surface area contributed by atoms with Gasteiger partial charge in [-0.25, -0.2) is 0 Å². The van der Waals surface area contributed by atoms with Crippen molar-refractivity contribution in [3.8, 4) is 0 Å². The number of aliphatic hydroxyl groups is 2. The van der Waals surface area contributed by atoms with Crippen LogP contribution >= 0.6 is 0 Å². The van der Waals surface area contributed by atoms with Gasteiger partial charge in [0.05, 0.1) is 6.10 Å². The predicted molar refractivity (Wildman–Crippen MR) is 93.3 cm³/mol. The van der Waals surface area contributed by atoms with E-state index in [-0.39, 0.29) is 22.7 Å². The van der Waals surface area contributed by atoms with Crippen LogP contribution in [0.1, 0.15) is 72.1 Å². The topological polar surface area (TPSA) is 57.5 Å². The lowest BCUT2D eigenvalue weighted by Gasteiger charge is -2.59. The molecule has 3 heteroatoms. The zero-order valence-electron chi connectivity index (χ0n) is 15.3. The van der Waals surface area contributed by atoms with Crippen LogP contribution in [-0.4, -0.2) is 27.7 Å². The summed E-state index contributed by atoms with van der Waals surface area (Å²) in [5.74, 6) is 1.71. The van der Waals surface area contributed by atoms with Gasteiger partial charge in [-0.3, -0.25) is 4.79 Å². The highest BCUT2D eigenvalue weighted by molar-refractivity contribution is 5.86. The fraction of sp³-hybridized carbons (Fsp3) is 0.857. The van der Waals surface area contributed by atoms with Gasteiger partial charge < -0.3 is 10.2 Å². The molecular weight excluding hydrogens is 300 g/mol. The highest BCUT2D eigenvalue weighted by Gasteiger charge is 2.65. The molecule has 4 rings (SSSR count). The minimum Gasteiger partial charge on any atom is -0.389 e. The van der Waals surface area contributed by atoms with E-state index in [9.17, 15) is 15.0 Å². The fourth-order valence-electron chi connectivity index (χ4n) is 7.30. The second-order valence-corrected chi connectivity index (χ2v) is 9.54. The highest BCUT2D eigenvalue weighted by Crippen LogP contribution is 2.67. The summed E-state index contributed by atoms with van der Waals surface area (Å²) in [6, 6.07) is 0. The molecule has 0 saturated heterocycles. The maximum Gasteiger partial charge on any atom is 0.161 e. The number of fused-ring (bicyclic) bond motifs is 5. The van der Waals surface area contributed by atoms with E-state index in [1.165, 1.54) is 5.57 Å². The Hall–Kier alpha value is -0.670. The maximum absolute atomic E-state index is 12.2. The first-order valence-corrected chi connectivity index (χ1v) is 9.85. The molecule has 7 unspecified atom stereocenters. The summed E-state index contributed by atoms with van der Waals surface area (Å²) in [4.78, 5) is 12.2. The van der Waals surface area contributed by atoms with Crippen molar-refractivity contribution in [1.82, 2.24) is 0 Å². The molecule has 0 radical (unpaired) electrons. The van der Waals surface area contributed by atoms with E-state index in [1.807, 2.05) is 0 Å². The van der Waals surface area contributed by atoms with Crippen molar-refractivity contribution >= 4 is 5.78 Å². The first-order chi connectivity index (χ1) is 11.2. The molecule has 134 valence electrons. The van der Waals surface area contributed by atoms with Gasteiger partial charge in [-0.15, -0.1) is 0 Å². The lowest BCUT2D eigenvalue weighted by atomic mass is 9.46. The van der Waals surface area contributed by atoms with Crippen LogP contribution in [0.4, 0.5) is 0 Å². The molecule has 0 spiro atoms. The van der Waals surface area contributed by atoms with E-state index in [0.29, 0.717) is 24.2 Å². The van der Waals surface area contributed by atoms with Gasteiger partial charge in [-0.05, 0) is 81.5 Å². The van der Waals surface area contributed by atoms with Crippen molar-refractivity contribution in [2.24, 2.45) is 28.6 Å². The summed E-state index contributed by atoms with van der Waals surface area (Å²) in [7, 11) is 0. The minimum absolute atomic E-state index is 0.0330. The Balaban J connectivity index is 1.69. The molecule has 0 aromatic carbocycles. The molecule has 2 N–H and O–H groups in total. The summed E-state index contributed by atoms with van der Waals surface area (Å²) in [5, 5.41) is 21.2. The largest absolute Gasteiger partial charge is 0.389 e. The lowest BCUT2D eigenvalue weighted by Crippen LogP contribution is -2.57. The second-order valence-electron chi connectivity index (χ2n) is 9.54. The van der Waals surface area contributed by atoms with Crippen molar-refractivity contribution in [3.63, 3.8) is 0 Å². The molecule has 0 aromatic rings. The smallest absolute Gasteiger partial charge is 0.161 e. The van der Waals surface area contributed by atoms with Gasteiger partial charge in [0.15, 0.2) is 5.78 Å². The van der Waals surface area contributed by atoms with Crippen molar-refractivity contribution in [1.29, 1.82) is 0 Å². The average Bonchev–Trinajstić information content (AvgIpc) is 2.81. The molecule has 3 saturated carbocycles. The summed E-state index contributed by atoms with van der Waals surface area (Å²) in [6.45, 7) is 6.17. The number of carbonyl (C=O) groups is 1. The van der Waals surface area contributed by atoms with Gasteiger partial charge >= 0.3 is 0 Å². The van der Waals surface area contributed by atoms with Crippen LogP contribution in [0, 0.1) is 28.6 Å². The van der Waals surface area contributed by atoms with Gasteiger partial charge in [0.25, 0.3) is 0 Å². The van der Waals surface area contributed by atoms with E-state index in [1.54, 1.807) is 6.92 Å². The lowest BCUT2D eigenvalue weighted by molar-refractivity contribution is -0.160. The highest BCUT2D eigenvalue weighted by atomic mass is 16.3. The van der Waals surface area contributed by atoms with Crippen LogP contribution in [0.15, 0.2) is 11.6 Å². The molecule has 4 aliphatic rings. The summed E-state index contributed by atoms with van der Waals surface area (Å²) >= 11 is 0. The third-order valence-electron chi connectivity index (χ3n) is 8.82. The van der Waals surface area contributed by atoms with E-state index in [0.717, 1.165) is 44.9 Å². The number of Topliss-reactive ketones (excluding diaryl/α,β-unsaturated/α-hetero) is 1. The molecule has 0 amide bonds. The Morgan fingerprint density at radius 1 is 1.08 bits per heavy atom. The summed E-state index contributed by atoms with van der Waals surface area (Å²) in [5.41, 5.74) is 0.347. The van der Waals surface area contributed by atoms with Crippen LogP contribution in [0.3, 0.4) is 0 Å². The van der Waals surface area contributed by atoms with Crippen LogP contribution in [0.5, 0.6) is 0 Å². The number of hydrogen-bond donors (Lipinski definition) is 2. The first kappa shape index (κ1) is 16.8. The van der Waals surface area contributed by atoms with Gasteiger partial charge in [-0.2, -0.15) is 0 Å². The van der Waals surface area contributed by atoms with E-state index in [4.69, 9.17) is 0 Å². The number of ketones is 1. The molecule has 4 aliphatic carbocycles. The van der Waals surface area contributed by atoms with Gasteiger partial charge in [-0.1, -0.05) is 25.5 Å². The molecule has 0 heterocycles. The Morgan fingerprint density at radius 2 is 1.79 bits per heavy atom. The van der Waals surface area contributed by atoms with Gasteiger partial charge in [0.2, 0.25) is 0 Å². The number of hydrogen-bond acceptors (Lipinski definition) is 3. The van der Waals surface area contributed by atoms with Crippen molar-refractivity contribution in [3.05, 3.63) is 11.6 Å². The zero-order chi connectivity index (χ0) is 17.3. The summed E-state index contributed by atoms with van der Waals surface area (Å²) in [6.07, 6.45) is 9.78. The van der Waals surface area contributed by atoms with Crippen molar-refractivity contribution < 1.29 is 15.0 Å². The van der Waals surface area contributed by atoms with Crippen molar-refractivity contribution in [2.45, 2.75) is 83.8 Å². The number of rotatable bonds is 1. The third-order valence-corrected chi connectivity index (χ3v) is 8.82. The minimum atomic E-state index is -1.11. The first-order valence-electron chi connectivity index (χ1n) is 9.85. The number of aliphatic hydroxyl groups excluding tert-OH is 1. The van der Waals surface area contributed by atoms with Crippen LogP contribution < -0.4 is 0 Å². The number of carbonyl (C=O) groups excluding carboxylic acids is 1. The molecule has 0 bridgehead atoms. The fourth-order valence-corrected chi connectivity index (χ4v) is 7.30. The molecule has 7 atom stereocenters. The van der Waals surface area contributed by atoms with Gasteiger partial charge in [0.1, 0.15) is 5.60 Å². The quantitative estimate of drug-likeness (QED) is 0.721. The monoisotopic (exact) mass is 332 g/mol. The zero-order valence-corrected chi connectivity index (χ0v) is 15.3. The third kappa shape index (κ3) is 1.94. The molecular formula is C21H32O3. The molecule has 0 aromatic heterocycles. The van der Waals surface area contributed by atoms with E-state index < -0.39 is 5.60 Å². The Bertz CT molecular complexity index is 596. The number of allylic oxidation sites excluding steroid dienone is 1. The van der Waals surface area contributed by atoms with E-state index in [2.05, 4.69) is 19.9 Å². The van der Waals surface area contributed by atoms with Crippen LogP contribution in [0.25, 0.3) is 0 Å². The SMILES string of the molecule is CC(=O)C1(O)CCC2C3CCC4=CC(O)CCC4(C)C3CCC21C. The molecule has 24 heavy (non-hydrogen) atoms. The Kier molecular flexibility index (Phi) is 3.61. The van der Waals surface area contributed by atoms with Crippen LogP contribution in [0.2, 0.25) is 0 Å². The van der Waals surface area contributed by atoms with Gasteiger partial charge in [0, 0.05) is 5.41 Å². The Labute approximate surface area is 145 Å². The summed E-state index contributed by atoms with van der Waals surface area (Å²) < 4.78 is 0. The second kappa shape index (κ2) is 5.17.